The number of rotatable bonds is 9. The van der Waals surface area contributed by atoms with Gasteiger partial charge in [0.2, 0.25) is 10.0 Å². The maximum absolute atomic E-state index is 13.3. The van der Waals surface area contributed by atoms with Crippen LogP contribution in [0.1, 0.15) is 32.8 Å². The number of benzene rings is 1. The summed E-state index contributed by atoms with van der Waals surface area (Å²) in [5.74, 6) is 0.646. The van der Waals surface area contributed by atoms with Gasteiger partial charge in [-0.15, -0.1) is 11.8 Å². The quantitative estimate of drug-likeness (QED) is 0.164. The molecule has 1 aromatic rings. The second-order valence-electron chi connectivity index (χ2n) is 10.8. The van der Waals surface area contributed by atoms with Crippen molar-refractivity contribution in [3.8, 4) is 0 Å². The van der Waals surface area contributed by atoms with Crippen molar-refractivity contribution in [3.05, 3.63) is 39.9 Å². The number of hydrogen-bond donors (Lipinski definition) is 0. The highest BCUT2D eigenvalue weighted by Crippen LogP contribution is 2.41. The summed E-state index contributed by atoms with van der Waals surface area (Å²) in [6.07, 6.45) is -0.244. The number of carbonyl (C=O) groups excluding carboxylic acids is 1. The van der Waals surface area contributed by atoms with Crippen LogP contribution < -0.4 is 0 Å². The lowest BCUT2D eigenvalue weighted by atomic mass is 10.2. The zero-order valence-electron chi connectivity index (χ0n) is 21.9. The fourth-order valence-corrected chi connectivity index (χ4v) is 10.0. The van der Waals surface area contributed by atoms with Gasteiger partial charge < -0.3 is 14.1 Å². The summed E-state index contributed by atoms with van der Waals surface area (Å²) in [6, 6.07) is 5.45. The number of hydrogen-bond acceptors (Lipinski definition) is 8. The summed E-state index contributed by atoms with van der Waals surface area (Å²) in [5.41, 5.74) is 0.587. The van der Waals surface area contributed by atoms with Crippen LogP contribution >= 0.6 is 27.7 Å². The third kappa shape index (κ3) is 7.27. The molecule has 14 heteroatoms. The lowest BCUT2D eigenvalue weighted by Gasteiger charge is -2.38. The minimum Gasteiger partial charge on any atom is -0.445 e. The number of alkyl halides is 1. The molecule has 0 bridgehead atoms. The number of nitrogens with zero attached hydrogens (tertiary/aromatic N) is 3. The van der Waals surface area contributed by atoms with E-state index >= 15 is 0 Å². The molecule has 1 aromatic carbocycles. The van der Waals surface area contributed by atoms with E-state index in [2.05, 4.69) is 49.8 Å². The zero-order chi connectivity index (χ0) is 27.6. The van der Waals surface area contributed by atoms with E-state index in [9.17, 15) is 23.3 Å². The topological polar surface area (TPSA) is 119 Å². The molecule has 0 N–H and O–H groups in total. The highest BCUT2D eigenvalue weighted by molar-refractivity contribution is 9.09. The molecule has 3 atom stereocenters. The molecule has 2 fully saturated rings. The van der Waals surface area contributed by atoms with Gasteiger partial charge in [-0.3, -0.25) is 10.1 Å². The first-order valence-electron chi connectivity index (χ1n) is 12.2. The molecule has 0 aliphatic carbocycles. The SMILES string of the molecule is CC(C)(C)[Si](C)(C)OC1CC(C2SCCN2S(=O)(=O)CCBr)N(C(=O)OCc2ccc([N+](=O)[O-])cc2)C1. The normalized spacial score (nSPS) is 23.4. The molecule has 2 aliphatic heterocycles. The van der Waals surface area contributed by atoms with Crippen LogP contribution in [-0.2, 0) is 25.8 Å². The molecule has 2 aliphatic rings. The summed E-state index contributed by atoms with van der Waals surface area (Å²) >= 11 is 4.78. The molecule has 0 aromatic heterocycles. The second kappa shape index (κ2) is 11.9. The smallest absolute Gasteiger partial charge is 0.410 e. The van der Waals surface area contributed by atoms with Gasteiger partial charge in [0, 0.05) is 36.3 Å². The van der Waals surface area contributed by atoms with Gasteiger partial charge in [-0.1, -0.05) is 36.7 Å². The molecule has 3 unspecified atom stereocenters. The summed E-state index contributed by atoms with van der Waals surface area (Å²) in [5, 5.41) is 10.8. The molecule has 1 amide bonds. The maximum Gasteiger partial charge on any atom is 0.410 e. The molecular weight excluding hydrogens is 602 g/mol. The Morgan fingerprint density at radius 2 is 1.92 bits per heavy atom. The Morgan fingerprint density at radius 3 is 2.49 bits per heavy atom. The molecule has 3 rings (SSSR count). The molecule has 37 heavy (non-hydrogen) atoms. The third-order valence-electron chi connectivity index (χ3n) is 7.22. The van der Waals surface area contributed by atoms with Gasteiger partial charge in [0.25, 0.3) is 5.69 Å². The minimum atomic E-state index is -3.49. The van der Waals surface area contributed by atoms with Crippen LogP contribution in [0.5, 0.6) is 0 Å². The first-order valence-corrected chi connectivity index (χ1v) is 18.9. The van der Waals surface area contributed by atoms with Gasteiger partial charge in [-0.05, 0) is 42.2 Å². The van der Waals surface area contributed by atoms with Crippen LogP contribution in [0.4, 0.5) is 10.5 Å². The van der Waals surface area contributed by atoms with Crippen molar-refractivity contribution in [3.63, 3.8) is 0 Å². The minimum absolute atomic E-state index is 0.00866. The number of non-ortho nitro benzene ring substituents is 1. The van der Waals surface area contributed by atoms with E-state index in [4.69, 9.17) is 9.16 Å². The van der Waals surface area contributed by atoms with E-state index in [1.54, 1.807) is 17.0 Å². The number of likely N-dealkylation sites (tertiary alicyclic amines) is 1. The van der Waals surface area contributed by atoms with E-state index in [0.717, 1.165) is 0 Å². The average Bonchev–Trinajstić information content (AvgIpc) is 3.44. The Balaban J connectivity index is 1.80. The van der Waals surface area contributed by atoms with Gasteiger partial charge in [-0.2, -0.15) is 4.31 Å². The van der Waals surface area contributed by atoms with Gasteiger partial charge in [0.05, 0.1) is 28.2 Å². The number of halogens is 1. The highest BCUT2D eigenvalue weighted by Gasteiger charge is 2.50. The van der Waals surface area contributed by atoms with Crippen LogP contribution in [0.3, 0.4) is 0 Å². The van der Waals surface area contributed by atoms with E-state index in [1.165, 1.54) is 28.2 Å². The Hall–Kier alpha value is -1.19. The van der Waals surface area contributed by atoms with Crippen LogP contribution in [0.2, 0.25) is 18.1 Å². The number of sulfonamides is 1. The summed E-state index contributed by atoms with van der Waals surface area (Å²) in [6.45, 7) is 11.5. The Kier molecular flexibility index (Phi) is 9.76. The predicted molar refractivity (Wildman–Crippen MR) is 151 cm³/mol. The Labute approximate surface area is 232 Å². The highest BCUT2D eigenvalue weighted by atomic mass is 79.9. The van der Waals surface area contributed by atoms with E-state index in [1.807, 2.05) is 0 Å². The second-order valence-corrected chi connectivity index (χ2v) is 19.6. The largest absolute Gasteiger partial charge is 0.445 e. The standard InChI is InChI=1S/C23H36BrN3O7S2Si/c1-23(2,3)37(4,5)34-19-14-20(21-26(11-12-35-21)36(31,32)13-10-24)25(15-19)22(28)33-16-17-6-8-18(9-7-17)27(29)30/h6-9,19-21H,10-16H2,1-5H3. The van der Waals surface area contributed by atoms with Crippen LogP contribution in [0, 0.1) is 10.1 Å². The number of thioether (sulfide) groups is 1. The number of nitro benzene ring substituents is 1. The summed E-state index contributed by atoms with van der Waals surface area (Å²) in [4.78, 5) is 25.3. The molecular formula is C23H36BrN3O7S2Si. The van der Waals surface area contributed by atoms with Gasteiger partial charge in [0.15, 0.2) is 8.32 Å². The fraction of sp³-hybridized carbons (Fsp3) is 0.696. The monoisotopic (exact) mass is 637 g/mol. The fourth-order valence-electron chi connectivity index (χ4n) is 4.22. The van der Waals surface area contributed by atoms with Crippen LogP contribution in [0.15, 0.2) is 24.3 Å². The number of amides is 1. The summed E-state index contributed by atoms with van der Waals surface area (Å²) in [7, 11) is -5.62. The molecule has 10 nitrogen and oxygen atoms in total. The van der Waals surface area contributed by atoms with E-state index in [-0.39, 0.29) is 29.2 Å². The number of nitro groups is 1. The van der Waals surface area contributed by atoms with Crippen molar-refractivity contribution in [2.75, 3.05) is 29.9 Å². The van der Waals surface area contributed by atoms with E-state index in [0.29, 0.717) is 36.2 Å². The van der Waals surface area contributed by atoms with Crippen LogP contribution in [0.25, 0.3) is 0 Å². The average molecular weight is 639 g/mol. The molecule has 208 valence electrons. The van der Waals surface area contributed by atoms with E-state index < -0.39 is 40.8 Å². The number of carbonyl (C=O) groups is 1. The third-order valence-corrected chi connectivity index (χ3v) is 16.0. The van der Waals surface area contributed by atoms with Crippen molar-refractivity contribution in [2.24, 2.45) is 0 Å². The lowest BCUT2D eigenvalue weighted by molar-refractivity contribution is -0.384. The zero-order valence-corrected chi connectivity index (χ0v) is 26.1. The first kappa shape index (κ1) is 30.3. The van der Waals surface area contributed by atoms with Crippen LogP contribution in [-0.4, -0.2) is 84.4 Å². The van der Waals surface area contributed by atoms with Gasteiger partial charge >= 0.3 is 6.09 Å². The Bertz CT molecular complexity index is 1080. The number of ether oxygens (including phenoxy) is 1. The first-order chi connectivity index (χ1) is 17.2. The molecule has 0 spiro atoms. The van der Waals surface area contributed by atoms with Gasteiger partial charge in [0.1, 0.15) is 6.61 Å². The van der Waals surface area contributed by atoms with Crippen molar-refractivity contribution < 1.29 is 27.3 Å². The molecule has 2 saturated heterocycles. The van der Waals surface area contributed by atoms with Crippen molar-refractivity contribution >= 4 is 57.8 Å². The molecule has 2 heterocycles. The van der Waals surface area contributed by atoms with Gasteiger partial charge in [-0.25, -0.2) is 13.2 Å². The van der Waals surface area contributed by atoms with Crippen molar-refractivity contribution in [1.82, 2.24) is 9.21 Å². The Morgan fingerprint density at radius 1 is 1.27 bits per heavy atom. The maximum atomic E-state index is 13.3. The van der Waals surface area contributed by atoms with Crippen molar-refractivity contribution in [1.29, 1.82) is 0 Å². The molecule has 0 radical (unpaired) electrons. The summed E-state index contributed by atoms with van der Waals surface area (Å²) < 4.78 is 39.7. The molecule has 0 saturated carbocycles. The predicted octanol–water partition coefficient (Wildman–Crippen LogP) is 4.80. The van der Waals surface area contributed by atoms with Crippen molar-refractivity contribution in [2.45, 2.75) is 69.5 Å². The lowest BCUT2D eigenvalue weighted by Crippen LogP contribution is -2.49.